The second-order valence-corrected chi connectivity index (χ2v) is 6.57. The summed E-state index contributed by atoms with van der Waals surface area (Å²) in [6.07, 6.45) is 1.37. The number of nitrogens with one attached hydrogen (secondary N) is 1. The van der Waals surface area contributed by atoms with Crippen LogP contribution in [0.3, 0.4) is 0 Å². The van der Waals surface area contributed by atoms with Gasteiger partial charge in [0.1, 0.15) is 5.02 Å². The van der Waals surface area contributed by atoms with Crippen molar-refractivity contribution in [2.24, 2.45) is 5.10 Å². The number of aromatic nitrogens is 1. The summed E-state index contributed by atoms with van der Waals surface area (Å²) in [5, 5.41) is 14.6. The molecule has 7 nitrogen and oxygen atoms in total. The molecular formula is C20H17ClN4O3. The molecule has 0 saturated heterocycles. The highest BCUT2D eigenvalue weighted by molar-refractivity contribution is 6.32. The first kappa shape index (κ1) is 19.3. The van der Waals surface area contributed by atoms with Crippen LogP contribution in [-0.2, 0) is 0 Å². The Morgan fingerprint density at radius 1 is 1.11 bits per heavy atom. The van der Waals surface area contributed by atoms with Gasteiger partial charge in [-0.25, -0.2) is 5.43 Å². The van der Waals surface area contributed by atoms with Gasteiger partial charge >= 0.3 is 0 Å². The van der Waals surface area contributed by atoms with Crippen molar-refractivity contribution in [3.8, 4) is 5.69 Å². The Hall–Kier alpha value is -3.45. The molecule has 28 heavy (non-hydrogen) atoms. The number of nitrogens with zero attached hydrogens (tertiary/aromatic N) is 3. The van der Waals surface area contributed by atoms with E-state index >= 15 is 0 Å². The van der Waals surface area contributed by atoms with Crippen molar-refractivity contribution in [1.29, 1.82) is 0 Å². The molecule has 0 aliphatic rings. The molecule has 142 valence electrons. The number of hydrogen-bond donors (Lipinski definition) is 1. The first-order valence-corrected chi connectivity index (χ1v) is 8.77. The zero-order chi connectivity index (χ0) is 20.3. The molecule has 2 aromatic carbocycles. The third-order valence-electron chi connectivity index (χ3n) is 4.21. The lowest BCUT2D eigenvalue weighted by Gasteiger charge is -2.10. The van der Waals surface area contributed by atoms with E-state index in [1.165, 1.54) is 24.4 Å². The minimum Gasteiger partial charge on any atom is -0.319 e. The maximum absolute atomic E-state index is 12.2. The van der Waals surface area contributed by atoms with Gasteiger partial charge in [0, 0.05) is 28.7 Å². The van der Waals surface area contributed by atoms with Crippen LogP contribution in [0.5, 0.6) is 0 Å². The van der Waals surface area contributed by atoms with Gasteiger partial charge in [-0.05, 0) is 67.9 Å². The van der Waals surface area contributed by atoms with Gasteiger partial charge in [0.2, 0.25) is 0 Å². The number of halogens is 1. The quantitative estimate of drug-likeness (QED) is 0.393. The molecule has 3 rings (SSSR count). The Labute approximate surface area is 166 Å². The fraction of sp³-hybridized carbons (Fsp3) is 0.100. The van der Waals surface area contributed by atoms with E-state index in [0.717, 1.165) is 17.1 Å². The van der Waals surface area contributed by atoms with Gasteiger partial charge in [-0.2, -0.15) is 5.10 Å². The molecule has 8 heteroatoms. The summed E-state index contributed by atoms with van der Waals surface area (Å²) >= 11 is 5.85. The van der Waals surface area contributed by atoms with Crippen molar-refractivity contribution >= 4 is 29.4 Å². The second-order valence-electron chi connectivity index (χ2n) is 6.17. The van der Waals surface area contributed by atoms with E-state index in [4.69, 9.17) is 11.6 Å². The summed E-state index contributed by atoms with van der Waals surface area (Å²) in [5.74, 6) is -0.364. The predicted molar refractivity (Wildman–Crippen MR) is 108 cm³/mol. The number of nitro benzene ring substituents is 1. The van der Waals surface area contributed by atoms with E-state index < -0.39 is 4.92 Å². The zero-order valence-corrected chi connectivity index (χ0v) is 16.0. The summed E-state index contributed by atoms with van der Waals surface area (Å²) in [6, 6.07) is 15.5. The lowest BCUT2D eigenvalue weighted by atomic mass is 10.2. The molecular weight excluding hydrogens is 380 g/mol. The van der Waals surface area contributed by atoms with Crippen molar-refractivity contribution in [1.82, 2.24) is 9.99 Å². The minimum absolute atomic E-state index is 0.00599. The average Bonchev–Trinajstić information content (AvgIpc) is 3.00. The summed E-state index contributed by atoms with van der Waals surface area (Å²) in [6.45, 7) is 4.04. The highest BCUT2D eigenvalue weighted by atomic mass is 35.5. The number of nitro groups is 1. The monoisotopic (exact) mass is 396 g/mol. The fourth-order valence-corrected chi connectivity index (χ4v) is 3.08. The van der Waals surface area contributed by atoms with Crippen LogP contribution < -0.4 is 5.43 Å². The van der Waals surface area contributed by atoms with Crippen LogP contribution >= 0.6 is 11.6 Å². The molecule has 1 amide bonds. The van der Waals surface area contributed by atoms with E-state index in [1.54, 1.807) is 12.1 Å². The van der Waals surface area contributed by atoms with Gasteiger partial charge in [0.25, 0.3) is 11.6 Å². The van der Waals surface area contributed by atoms with Crippen LogP contribution in [0, 0.1) is 24.0 Å². The maximum atomic E-state index is 12.2. The molecule has 0 spiro atoms. The molecule has 0 aliphatic heterocycles. The largest absolute Gasteiger partial charge is 0.319 e. The highest BCUT2D eigenvalue weighted by Gasteiger charge is 2.11. The lowest BCUT2D eigenvalue weighted by molar-refractivity contribution is -0.384. The van der Waals surface area contributed by atoms with Gasteiger partial charge < -0.3 is 4.57 Å². The van der Waals surface area contributed by atoms with Crippen molar-refractivity contribution < 1.29 is 9.72 Å². The Morgan fingerprint density at radius 2 is 1.75 bits per heavy atom. The van der Waals surface area contributed by atoms with Crippen molar-refractivity contribution in [3.05, 3.63) is 92.2 Å². The summed E-state index contributed by atoms with van der Waals surface area (Å²) < 4.78 is 2.10. The standard InChI is InChI=1S/C20H17ClN4O3/c1-13-3-4-14(2)24(13)17-8-6-16(7-9-17)20(26)23-22-12-15-5-10-19(25(27)28)18(21)11-15/h3-12H,1-2H3,(H,23,26)/b22-12+. The normalized spacial score (nSPS) is 11.0. The predicted octanol–water partition coefficient (Wildman–Crippen LogP) is 4.42. The molecule has 0 atom stereocenters. The highest BCUT2D eigenvalue weighted by Crippen LogP contribution is 2.24. The Bertz CT molecular complexity index is 1050. The summed E-state index contributed by atoms with van der Waals surface area (Å²) in [4.78, 5) is 22.4. The van der Waals surface area contributed by atoms with Crippen molar-refractivity contribution in [2.45, 2.75) is 13.8 Å². The SMILES string of the molecule is Cc1ccc(C)n1-c1ccc(C(=O)N/N=C/c2ccc([N+](=O)[O-])c(Cl)c2)cc1. The molecule has 1 aromatic heterocycles. The van der Waals surface area contributed by atoms with Crippen LogP contribution in [0.15, 0.2) is 59.7 Å². The van der Waals surface area contributed by atoms with E-state index in [0.29, 0.717) is 11.1 Å². The molecule has 0 fully saturated rings. The van der Waals surface area contributed by atoms with Crippen LogP contribution in [-0.4, -0.2) is 21.6 Å². The van der Waals surface area contributed by atoms with Crippen molar-refractivity contribution in [2.75, 3.05) is 0 Å². The number of amides is 1. The number of rotatable bonds is 5. The van der Waals surface area contributed by atoms with Gasteiger partial charge in [0.05, 0.1) is 11.1 Å². The van der Waals surface area contributed by atoms with Gasteiger partial charge in [0.15, 0.2) is 0 Å². The number of benzene rings is 2. The average molecular weight is 397 g/mol. The molecule has 0 saturated carbocycles. The van der Waals surface area contributed by atoms with Crippen LogP contribution in [0.1, 0.15) is 27.3 Å². The number of aryl methyl sites for hydroxylation is 2. The number of carbonyl (C=O) groups excluding carboxylic acids is 1. The molecule has 1 heterocycles. The Morgan fingerprint density at radius 3 is 2.32 bits per heavy atom. The third-order valence-corrected chi connectivity index (χ3v) is 4.51. The molecule has 0 bridgehead atoms. The lowest BCUT2D eigenvalue weighted by Crippen LogP contribution is -2.17. The van der Waals surface area contributed by atoms with Gasteiger partial charge in [-0.1, -0.05) is 11.6 Å². The van der Waals surface area contributed by atoms with Crippen LogP contribution in [0.25, 0.3) is 5.69 Å². The number of hydrazone groups is 1. The van der Waals surface area contributed by atoms with E-state index in [9.17, 15) is 14.9 Å². The van der Waals surface area contributed by atoms with E-state index in [-0.39, 0.29) is 16.6 Å². The minimum atomic E-state index is -0.564. The fourth-order valence-electron chi connectivity index (χ4n) is 2.82. The molecule has 0 radical (unpaired) electrons. The van der Waals surface area contributed by atoms with Crippen LogP contribution in [0.2, 0.25) is 5.02 Å². The smallest absolute Gasteiger partial charge is 0.287 e. The van der Waals surface area contributed by atoms with Gasteiger partial charge in [-0.3, -0.25) is 14.9 Å². The zero-order valence-electron chi connectivity index (χ0n) is 15.2. The van der Waals surface area contributed by atoms with E-state index in [1.807, 2.05) is 38.1 Å². The molecule has 0 aliphatic carbocycles. The number of hydrogen-bond acceptors (Lipinski definition) is 4. The van der Waals surface area contributed by atoms with Crippen LogP contribution in [0.4, 0.5) is 5.69 Å². The number of carbonyl (C=O) groups is 1. The molecule has 3 aromatic rings. The Balaban J connectivity index is 1.67. The second kappa shape index (κ2) is 8.06. The van der Waals surface area contributed by atoms with Gasteiger partial charge in [-0.15, -0.1) is 0 Å². The maximum Gasteiger partial charge on any atom is 0.287 e. The first-order chi connectivity index (χ1) is 13.4. The third kappa shape index (κ3) is 4.10. The van der Waals surface area contributed by atoms with Crippen molar-refractivity contribution in [3.63, 3.8) is 0 Å². The topological polar surface area (TPSA) is 89.5 Å². The summed E-state index contributed by atoms with van der Waals surface area (Å²) in [5.41, 5.74) is 6.44. The first-order valence-electron chi connectivity index (χ1n) is 8.39. The molecule has 0 unspecified atom stereocenters. The Kier molecular flexibility index (Phi) is 5.56. The van der Waals surface area contributed by atoms with E-state index in [2.05, 4.69) is 15.1 Å². The molecule has 1 N–H and O–H groups in total. The summed E-state index contributed by atoms with van der Waals surface area (Å²) in [7, 11) is 0.